The van der Waals surface area contributed by atoms with Gasteiger partial charge in [0.2, 0.25) is 0 Å². The van der Waals surface area contributed by atoms with Crippen molar-refractivity contribution in [3.63, 3.8) is 0 Å². The van der Waals surface area contributed by atoms with Crippen LogP contribution in [0.3, 0.4) is 0 Å². The molecule has 1 aromatic carbocycles. The van der Waals surface area contributed by atoms with Crippen molar-refractivity contribution in [1.82, 2.24) is 19.9 Å². The number of aromatic nitrogens is 4. The minimum absolute atomic E-state index is 0.199. The molecule has 1 saturated carbocycles. The highest BCUT2D eigenvalue weighted by Gasteiger charge is 2.30. The SMILES string of the molecule is CC[C@@H](c1nc2ncc(Cl)cc2[nH]1)C1CCC(c2ccnc3ccc(F)cc23)CC1. The number of rotatable bonds is 4. The molecule has 1 aliphatic carbocycles. The minimum atomic E-state index is -0.199. The van der Waals surface area contributed by atoms with Crippen LogP contribution in [0, 0.1) is 11.7 Å². The summed E-state index contributed by atoms with van der Waals surface area (Å²) in [7, 11) is 0. The molecule has 3 aromatic heterocycles. The van der Waals surface area contributed by atoms with Gasteiger partial charge in [0.1, 0.15) is 11.6 Å². The third-order valence-electron chi connectivity index (χ3n) is 6.63. The molecule has 0 saturated heterocycles. The van der Waals surface area contributed by atoms with Gasteiger partial charge in [-0.05, 0) is 79.8 Å². The third kappa shape index (κ3) is 3.56. The molecule has 0 amide bonds. The summed E-state index contributed by atoms with van der Waals surface area (Å²) in [6, 6.07) is 8.84. The summed E-state index contributed by atoms with van der Waals surface area (Å²) >= 11 is 6.08. The molecule has 1 atom stereocenters. The molecule has 4 nitrogen and oxygen atoms in total. The summed E-state index contributed by atoms with van der Waals surface area (Å²) in [5.41, 5.74) is 3.73. The highest BCUT2D eigenvalue weighted by atomic mass is 35.5. The number of benzene rings is 1. The van der Waals surface area contributed by atoms with Crippen LogP contribution in [-0.4, -0.2) is 19.9 Å². The first-order chi connectivity index (χ1) is 14.6. The zero-order valence-electron chi connectivity index (χ0n) is 16.9. The normalized spacial score (nSPS) is 20.6. The van der Waals surface area contributed by atoms with E-state index in [0.29, 0.717) is 22.8 Å². The van der Waals surface area contributed by atoms with Crippen LogP contribution in [0.1, 0.15) is 62.3 Å². The van der Waals surface area contributed by atoms with Crippen LogP contribution in [0.2, 0.25) is 5.02 Å². The topological polar surface area (TPSA) is 54.5 Å². The van der Waals surface area contributed by atoms with Gasteiger partial charge in [-0.25, -0.2) is 14.4 Å². The van der Waals surface area contributed by atoms with Gasteiger partial charge < -0.3 is 4.98 Å². The second-order valence-corrected chi connectivity index (χ2v) is 8.77. The molecule has 0 bridgehead atoms. The number of fused-ring (bicyclic) bond motifs is 2. The lowest BCUT2D eigenvalue weighted by Crippen LogP contribution is -2.20. The molecule has 4 aromatic rings. The number of hydrogen-bond donors (Lipinski definition) is 1. The highest BCUT2D eigenvalue weighted by molar-refractivity contribution is 6.31. The molecule has 0 spiro atoms. The number of pyridine rings is 2. The Bertz CT molecular complexity index is 1200. The molecule has 1 fully saturated rings. The average molecular weight is 423 g/mol. The fraction of sp³-hybridized carbons (Fsp3) is 0.375. The van der Waals surface area contributed by atoms with E-state index in [0.717, 1.165) is 60.0 Å². The Kier molecular flexibility index (Phi) is 5.15. The number of halogens is 2. The quantitative estimate of drug-likeness (QED) is 0.395. The number of nitrogens with one attached hydrogen (secondary N) is 1. The second kappa shape index (κ2) is 7.95. The molecule has 0 unspecified atom stereocenters. The summed E-state index contributed by atoms with van der Waals surface area (Å²) in [4.78, 5) is 16.9. The average Bonchev–Trinajstić information content (AvgIpc) is 3.17. The summed E-state index contributed by atoms with van der Waals surface area (Å²) in [6.45, 7) is 2.23. The lowest BCUT2D eigenvalue weighted by atomic mass is 9.72. The Morgan fingerprint density at radius 2 is 1.97 bits per heavy atom. The Morgan fingerprint density at radius 1 is 1.13 bits per heavy atom. The minimum Gasteiger partial charge on any atom is -0.340 e. The Balaban J connectivity index is 1.36. The molecule has 1 aliphatic rings. The predicted octanol–water partition coefficient (Wildman–Crippen LogP) is 6.77. The van der Waals surface area contributed by atoms with Crippen molar-refractivity contribution in [2.45, 2.75) is 50.9 Å². The first kappa shape index (κ1) is 19.4. The van der Waals surface area contributed by atoms with Gasteiger partial charge in [-0.2, -0.15) is 0 Å². The number of imidazole rings is 1. The van der Waals surface area contributed by atoms with Gasteiger partial charge in [0, 0.05) is 23.7 Å². The van der Waals surface area contributed by atoms with Crippen molar-refractivity contribution in [3.05, 3.63) is 65.0 Å². The lowest BCUT2D eigenvalue weighted by Gasteiger charge is -2.33. The fourth-order valence-electron chi connectivity index (χ4n) is 5.15. The van der Waals surface area contributed by atoms with Crippen LogP contribution in [0.4, 0.5) is 4.39 Å². The maximum absolute atomic E-state index is 13.8. The van der Waals surface area contributed by atoms with Crippen molar-refractivity contribution in [3.8, 4) is 0 Å². The largest absolute Gasteiger partial charge is 0.340 e. The van der Waals surface area contributed by atoms with E-state index in [1.165, 1.54) is 11.6 Å². The van der Waals surface area contributed by atoms with Crippen molar-refractivity contribution >= 4 is 33.7 Å². The molecule has 5 rings (SSSR count). The third-order valence-corrected chi connectivity index (χ3v) is 6.84. The molecule has 30 heavy (non-hydrogen) atoms. The highest BCUT2D eigenvalue weighted by Crippen LogP contribution is 2.44. The van der Waals surface area contributed by atoms with Crippen molar-refractivity contribution < 1.29 is 4.39 Å². The summed E-state index contributed by atoms with van der Waals surface area (Å²) < 4.78 is 13.8. The number of H-pyrrole nitrogens is 1. The van der Waals surface area contributed by atoms with E-state index in [1.807, 2.05) is 12.3 Å². The molecule has 6 heteroatoms. The van der Waals surface area contributed by atoms with E-state index in [9.17, 15) is 4.39 Å². The summed E-state index contributed by atoms with van der Waals surface area (Å²) in [6.07, 6.45) is 8.99. The molecule has 0 radical (unpaired) electrons. The van der Waals surface area contributed by atoms with Crippen LogP contribution in [0.25, 0.3) is 22.1 Å². The molecular weight excluding hydrogens is 399 g/mol. The van der Waals surface area contributed by atoms with E-state index < -0.39 is 0 Å². The van der Waals surface area contributed by atoms with E-state index in [-0.39, 0.29) is 5.82 Å². The predicted molar refractivity (Wildman–Crippen MR) is 118 cm³/mol. The van der Waals surface area contributed by atoms with Gasteiger partial charge in [0.15, 0.2) is 5.65 Å². The standard InChI is InChI=1S/C24H24ClFN4/c1-2-18(23-29-22-11-16(25)13-28-24(22)30-23)14-3-5-15(6-4-14)19-9-10-27-21-8-7-17(26)12-20(19)21/h7-15,18H,2-6H2,1H3,(H,28,29,30)/t14?,15?,18-/m1/s1. The summed E-state index contributed by atoms with van der Waals surface area (Å²) in [5.74, 6) is 2.22. The van der Waals surface area contributed by atoms with E-state index in [1.54, 1.807) is 18.3 Å². The maximum atomic E-state index is 13.8. The van der Waals surface area contributed by atoms with E-state index >= 15 is 0 Å². The van der Waals surface area contributed by atoms with Crippen LogP contribution < -0.4 is 0 Å². The molecule has 154 valence electrons. The Labute approximate surface area is 179 Å². The van der Waals surface area contributed by atoms with Gasteiger partial charge in [0.05, 0.1) is 16.1 Å². The Hall–Kier alpha value is -2.53. The first-order valence-electron chi connectivity index (χ1n) is 10.7. The van der Waals surface area contributed by atoms with Crippen LogP contribution in [-0.2, 0) is 0 Å². The van der Waals surface area contributed by atoms with Gasteiger partial charge in [-0.1, -0.05) is 18.5 Å². The molecule has 3 heterocycles. The molecular formula is C24H24ClFN4. The van der Waals surface area contributed by atoms with Crippen molar-refractivity contribution in [1.29, 1.82) is 0 Å². The van der Waals surface area contributed by atoms with Gasteiger partial charge in [-0.15, -0.1) is 0 Å². The van der Waals surface area contributed by atoms with E-state index in [2.05, 4.69) is 27.9 Å². The smallest absolute Gasteiger partial charge is 0.177 e. The molecule has 1 N–H and O–H groups in total. The zero-order chi connectivity index (χ0) is 20.7. The number of nitrogens with zero attached hydrogens (tertiary/aromatic N) is 3. The first-order valence-corrected chi connectivity index (χ1v) is 11.1. The van der Waals surface area contributed by atoms with Crippen molar-refractivity contribution in [2.24, 2.45) is 5.92 Å². The van der Waals surface area contributed by atoms with E-state index in [4.69, 9.17) is 16.6 Å². The number of aromatic amines is 1. The number of hydrogen-bond acceptors (Lipinski definition) is 3. The monoisotopic (exact) mass is 422 g/mol. The lowest BCUT2D eigenvalue weighted by molar-refractivity contribution is 0.272. The van der Waals surface area contributed by atoms with Crippen molar-refractivity contribution in [2.75, 3.05) is 0 Å². The fourth-order valence-corrected chi connectivity index (χ4v) is 5.30. The van der Waals surface area contributed by atoms with Crippen LogP contribution in [0.15, 0.2) is 42.7 Å². The second-order valence-electron chi connectivity index (χ2n) is 8.33. The van der Waals surface area contributed by atoms with Crippen LogP contribution >= 0.6 is 11.6 Å². The van der Waals surface area contributed by atoms with Gasteiger partial charge >= 0.3 is 0 Å². The van der Waals surface area contributed by atoms with Gasteiger partial charge in [0.25, 0.3) is 0 Å². The summed E-state index contributed by atoms with van der Waals surface area (Å²) in [5, 5.41) is 1.57. The Morgan fingerprint density at radius 3 is 2.77 bits per heavy atom. The van der Waals surface area contributed by atoms with Gasteiger partial charge in [-0.3, -0.25) is 4.98 Å². The molecule has 0 aliphatic heterocycles. The van der Waals surface area contributed by atoms with Crippen LogP contribution in [0.5, 0.6) is 0 Å². The maximum Gasteiger partial charge on any atom is 0.177 e. The zero-order valence-corrected chi connectivity index (χ0v) is 17.7.